The van der Waals surface area contributed by atoms with E-state index < -0.39 is 36.0 Å². The topological polar surface area (TPSA) is 218 Å². The Balaban J connectivity index is 2.82. The highest BCUT2D eigenvalue weighted by Gasteiger charge is 2.28. The highest BCUT2D eigenvalue weighted by atomic mass is 16.6. The van der Waals surface area contributed by atoms with Gasteiger partial charge in [-0.15, -0.1) is 0 Å². The van der Waals surface area contributed by atoms with Crippen molar-refractivity contribution in [3.63, 3.8) is 0 Å². The first kappa shape index (κ1) is 39.6. The Morgan fingerprint density at radius 2 is 1.52 bits per heavy atom. The van der Waals surface area contributed by atoms with Crippen molar-refractivity contribution in [3.8, 4) is 0 Å². The Morgan fingerprint density at radius 3 is 2.11 bits per heavy atom. The third-order valence-corrected chi connectivity index (χ3v) is 7.18. The van der Waals surface area contributed by atoms with Gasteiger partial charge in [0.05, 0.1) is 0 Å². The molecule has 0 radical (unpaired) electrons. The smallest absolute Gasteiger partial charge is 0.409 e. The first-order chi connectivity index (χ1) is 21.7. The van der Waals surface area contributed by atoms with Crippen LogP contribution in [0.4, 0.5) is 15.3 Å². The molecule has 0 aliphatic carbocycles. The van der Waals surface area contributed by atoms with Gasteiger partial charge in [0.2, 0.25) is 23.6 Å². The quantitative estimate of drug-likeness (QED) is 0.113. The Kier molecular flexibility index (Phi) is 18.4. The maximum absolute atomic E-state index is 13.3. The minimum atomic E-state index is -0.969. The second-order valence-electron chi connectivity index (χ2n) is 11.5. The van der Waals surface area contributed by atoms with Crippen LogP contribution in [0.15, 0.2) is 24.3 Å². The number of carbonyl (C=O) groups is 6. The molecule has 1 rings (SSSR count). The fourth-order valence-corrected chi connectivity index (χ4v) is 4.15. The number of ether oxygens (including phenoxy) is 1. The SMILES string of the molecule is CC(=O)N(C)CCN(C)C(=O)OCc1ccc(NC(=O)[C@H](CCCNC(N)=O)NC(=O)[C@@H](NC(=O)CCCCCN)C(C)C)cc1. The van der Waals surface area contributed by atoms with Crippen LogP contribution in [0.1, 0.15) is 64.9 Å². The van der Waals surface area contributed by atoms with E-state index in [-0.39, 0.29) is 43.7 Å². The van der Waals surface area contributed by atoms with Gasteiger partial charge in [-0.25, -0.2) is 9.59 Å². The van der Waals surface area contributed by atoms with Gasteiger partial charge in [0, 0.05) is 52.8 Å². The van der Waals surface area contributed by atoms with Crippen molar-refractivity contribution in [2.75, 3.05) is 45.6 Å². The summed E-state index contributed by atoms with van der Waals surface area (Å²) in [5.41, 5.74) is 11.8. The number of amides is 7. The average molecular weight is 649 g/mol. The maximum Gasteiger partial charge on any atom is 0.409 e. The molecule has 0 saturated heterocycles. The van der Waals surface area contributed by atoms with E-state index in [1.807, 2.05) is 0 Å². The molecule has 0 unspecified atom stereocenters. The van der Waals surface area contributed by atoms with Gasteiger partial charge in [-0.3, -0.25) is 19.2 Å². The van der Waals surface area contributed by atoms with E-state index in [4.69, 9.17) is 16.2 Å². The van der Waals surface area contributed by atoms with Crippen LogP contribution < -0.4 is 32.7 Å². The average Bonchev–Trinajstić information content (AvgIpc) is 3.00. The van der Waals surface area contributed by atoms with Crippen LogP contribution in [-0.2, 0) is 30.5 Å². The standard InChI is InChI=1S/C31H52N8O7/c1-21(2)27(37-26(41)11-7-6-8-16-32)29(43)36-25(10-9-17-34-30(33)44)28(42)35-24-14-12-23(13-15-24)20-46-31(45)39(5)19-18-38(4)22(3)40/h12-15,21,25,27H,6-11,16-20,32H2,1-5H3,(H,35,42)(H,36,43)(H,37,41)(H3,33,34,44)/t25-,27-/m0/s1. The fourth-order valence-electron chi connectivity index (χ4n) is 4.15. The zero-order valence-corrected chi connectivity index (χ0v) is 27.7. The molecule has 0 heterocycles. The van der Waals surface area contributed by atoms with Crippen LogP contribution in [-0.4, -0.2) is 97.9 Å². The van der Waals surface area contributed by atoms with Crippen molar-refractivity contribution in [3.05, 3.63) is 29.8 Å². The van der Waals surface area contributed by atoms with Crippen LogP contribution in [0.5, 0.6) is 0 Å². The summed E-state index contributed by atoms with van der Waals surface area (Å²) < 4.78 is 5.33. The van der Waals surface area contributed by atoms with E-state index in [0.717, 1.165) is 12.8 Å². The number of likely N-dealkylation sites (N-methyl/N-ethyl adjacent to an activating group) is 2. The predicted octanol–water partition coefficient (Wildman–Crippen LogP) is 1.27. The van der Waals surface area contributed by atoms with Crippen LogP contribution in [0.3, 0.4) is 0 Å². The van der Waals surface area contributed by atoms with Crippen molar-refractivity contribution in [1.82, 2.24) is 25.8 Å². The van der Waals surface area contributed by atoms with Gasteiger partial charge >= 0.3 is 12.1 Å². The molecule has 0 spiro atoms. The number of primary amides is 1. The largest absolute Gasteiger partial charge is 0.445 e. The molecule has 8 N–H and O–H groups in total. The highest BCUT2D eigenvalue weighted by Crippen LogP contribution is 2.13. The first-order valence-electron chi connectivity index (χ1n) is 15.6. The van der Waals surface area contributed by atoms with Gasteiger partial charge in [-0.05, 0) is 55.8 Å². The summed E-state index contributed by atoms with van der Waals surface area (Å²) in [6, 6.07) is 4.14. The molecule has 2 atom stereocenters. The van der Waals surface area contributed by atoms with Crippen molar-refractivity contribution < 1.29 is 33.5 Å². The van der Waals surface area contributed by atoms with Crippen molar-refractivity contribution in [2.24, 2.45) is 17.4 Å². The Morgan fingerprint density at radius 1 is 0.870 bits per heavy atom. The number of benzene rings is 1. The van der Waals surface area contributed by atoms with Crippen LogP contribution in [0.25, 0.3) is 0 Å². The van der Waals surface area contributed by atoms with Gasteiger partial charge in [-0.1, -0.05) is 32.4 Å². The molecule has 15 heteroatoms. The minimum Gasteiger partial charge on any atom is -0.445 e. The van der Waals surface area contributed by atoms with Gasteiger partial charge in [0.25, 0.3) is 0 Å². The van der Waals surface area contributed by atoms with E-state index in [9.17, 15) is 28.8 Å². The summed E-state index contributed by atoms with van der Waals surface area (Å²) in [7, 11) is 3.23. The summed E-state index contributed by atoms with van der Waals surface area (Å²) in [6.07, 6.45) is 2.56. The van der Waals surface area contributed by atoms with E-state index >= 15 is 0 Å². The van der Waals surface area contributed by atoms with Crippen molar-refractivity contribution >= 4 is 41.4 Å². The number of nitrogens with one attached hydrogen (secondary N) is 4. The molecule has 7 amide bonds. The van der Waals surface area contributed by atoms with Crippen LogP contribution in [0, 0.1) is 5.92 Å². The number of carbonyl (C=O) groups excluding carboxylic acids is 6. The Hall–Kier alpha value is -4.40. The lowest BCUT2D eigenvalue weighted by Gasteiger charge is -2.25. The third kappa shape index (κ3) is 16.1. The molecule has 258 valence electrons. The van der Waals surface area contributed by atoms with E-state index in [1.54, 1.807) is 52.2 Å². The molecular weight excluding hydrogens is 596 g/mol. The predicted molar refractivity (Wildman–Crippen MR) is 174 cm³/mol. The number of nitrogens with two attached hydrogens (primary N) is 2. The highest BCUT2D eigenvalue weighted by molar-refractivity contribution is 5.98. The second kappa shape index (κ2) is 21.4. The van der Waals surface area contributed by atoms with Gasteiger partial charge < -0.3 is 47.3 Å². The molecule has 0 bridgehead atoms. The third-order valence-electron chi connectivity index (χ3n) is 7.18. The lowest BCUT2D eigenvalue weighted by atomic mass is 10.0. The molecular formula is C31H52N8O7. The van der Waals surface area contributed by atoms with E-state index in [2.05, 4.69) is 21.3 Å². The molecule has 0 fully saturated rings. The number of anilines is 1. The number of hydrogen-bond acceptors (Lipinski definition) is 8. The molecule has 1 aromatic carbocycles. The lowest BCUT2D eigenvalue weighted by Crippen LogP contribution is -2.54. The first-order valence-corrected chi connectivity index (χ1v) is 15.6. The van der Waals surface area contributed by atoms with Crippen molar-refractivity contribution in [1.29, 1.82) is 0 Å². The molecule has 46 heavy (non-hydrogen) atoms. The fraction of sp³-hybridized carbons (Fsp3) is 0.613. The van der Waals surface area contributed by atoms with Gasteiger partial charge in [0.1, 0.15) is 18.7 Å². The van der Waals surface area contributed by atoms with Gasteiger partial charge in [0.15, 0.2) is 0 Å². The van der Waals surface area contributed by atoms with Crippen LogP contribution in [0.2, 0.25) is 0 Å². The molecule has 0 aliphatic heterocycles. The second-order valence-corrected chi connectivity index (χ2v) is 11.5. The number of hydrogen-bond donors (Lipinski definition) is 6. The zero-order chi connectivity index (χ0) is 34.6. The monoisotopic (exact) mass is 648 g/mol. The number of rotatable bonds is 20. The summed E-state index contributed by atoms with van der Waals surface area (Å²) in [5.74, 6) is -1.58. The number of nitrogens with zero attached hydrogens (tertiary/aromatic N) is 2. The summed E-state index contributed by atoms with van der Waals surface area (Å²) in [6.45, 7) is 6.50. The summed E-state index contributed by atoms with van der Waals surface area (Å²) in [5, 5.41) is 10.8. The van der Waals surface area contributed by atoms with E-state index in [0.29, 0.717) is 43.7 Å². The van der Waals surface area contributed by atoms with E-state index in [1.165, 1.54) is 16.7 Å². The normalized spacial score (nSPS) is 12.0. The van der Waals surface area contributed by atoms with Crippen LogP contribution >= 0.6 is 0 Å². The maximum atomic E-state index is 13.3. The zero-order valence-electron chi connectivity index (χ0n) is 27.7. The van der Waals surface area contributed by atoms with Crippen molar-refractivity contribution in [2.45, 2.75) is 78.0 Å². The molecule has 0 aliphatic rings. The number of unbranched alkanes of at least 4 members (excludes halogenated alkanes) is 2. The summed E-state index contributed by atoms with van der Waals surface area (Å²) >= 11 is 0. The molecule has 1 aromatic rings. The molecule has 0 aromatic heterocycles. The molecule has 15 nitrogen and oxygen atoms in total. The number of urea groups is 1. The van der Waals surface area contributed by atoms with Gasteiger partial charge in [-0.2, -0.15) is 0 Å². The Labute approximate surface area is 271 Å². The lowest BCUT2D eigenvalue weighted by molar-refractivity contribution is -0.132. The summed E-state index contributed by atoms with van der Waals surface area (Å²) in [4.78, 5) is 76.6. The Bertz CT molecular complexity index is 1150. The molecule has 0 saturated carbocycles. The minimum absolute atomic E-state index is 0.000816.